The Morgan fingerprint density at radius 2 is 1.38 bits per heavy atom. The molecule has 0 N–H and O–H groups in total. The van der Waals surface area contributed by atoms with Crippen LogP contribution in [0, 0.1) is 0 Å². The molecule has 1 aliphatic carbocycles. The Balaban J connectivity index is 0.000000132. The van der Waals surface area contributed by atoms with E-state index in [9.17, 15) is 0 Å². The summed E-state index contributed by atoms with van der Waals surface area (Å²) in [4.78, 5) is 0. The van der Waals surface area contributed by atoms with Crippen LogP contribution in [0.15, 0.2) is 42.5 Å². The lowest BCUT2D eigenvalue weighted by Gasteiger charge is -1.97. The van der Waals surface area contributed by atoms with Gasteiger partial charge in [0.05, 0.1) is 0 Å². The van der Waals surface area contributed by atoms with Crippen LogP contribution in [-0.4, -0.2) is 0 Å². The molecular formula is C12H15Cl. The molecule has 0 spiro atoms. The lowest BCUT2D eigenvalue weighted by molar-refractivity contribution is 0.730. The van der Waals surface area contributed by atoms with Crippen LogP contribution in [-0.2, 0) is 0 Å². The van der Waals surface area contributed by atoms with Crippen molar-refractivity contribution in [1.82, 2.24) is 0 Å². The molecule has 0 amide bonds. The molecule has 1 aromatic rings. The van der Waals surface area contributed by atoms with E-state index >= 15 is 0 Å². The van der Waals surface area contributed by atoms with Crippen LogP contribution < -0.4 is 0 Å². The third kappa shape index (κ3) is 5.48. The maximum atomic E-state index is 5.54. The molecule has 0 heterocycles. The summed E-state index contributed by atoms with van der Waals surface area (Å²) in [6.07, 6.45) is 10.0. The molecule has 70 valence electrons. The Bertz CT molecular complexity index is 231. The number of hydrogen-bond acceptors (Lipinski definition) is 0. The first-order chi connectivity index (χ1) is 6.39. The van der Waals surface area contributed by atoms with E-state index in [2.05, 4.69) is 12.2 Å². The first kappa shape index (κ1) is 10.3. The van der Waals surface area contributed by atoms with E-state index in [-0.39, 0.29) is 0 Å². The van der Waals surface area contributed by atoms with Crippen molar-refractivity contribution in [3.8, 4) is 0 Å². The predicted octanol–water partition coefficient (Wildman–Crippen LogP) is 4.46. The highest BCUT2D eigenvalue weighted by molar-refractivity contribution is 6.30. The molecule has 1 heteroatoms. The zero-order chi connectivity index (χ0) is 9.36. The summed E-state index contributed by atoms with van der Waals surface area (Å²) in [6, 6.07) is 9.44. The van der Waals surface area contributed by atoms with E-state index in [1.54, 1.807) is 0 Å². The van der Waals surface area contributed by atoms with Gasteiger partial charge in [0, 0.05) is 5.02 Å². The largest absolute Gasteiger partial charge is 0.0885 e. The Labute approximate surface area is 85.2 Å². The van der Waals surface area contributed by atoms with E-state index in [0.29, 0.717) is 0 Å². The summed E-state index contributed by atoms with van der Waals surface area (Å²) in [7, 11) is 0. The molecule has 0 bridgehead atoms. The van der Waals surface area contributed by atoms with Gasteiger partial charge in [-0.1, -0.05) is 42.0 Å². The smallest absolute Gasteiger partial charge is 0.0405 e. The third-order valence-electron chi connectivity index (χ3n) is 1.89. The van der Waals surface area contributed by atoms with Crippen LogP contribution in [0.2, 0.25) is 5.02 Å². The summed E-state index contributed by atoms with van der Waals surface area (Å²) in [6.45, 7) is 0. The SMILES string of the molecule is C1=CCCCC1.Clc1ccccc1. The van der Waals surface area contributed by atoms with E-state index < -0.39 is 0 Å². The molecule has 0 atom stereocenters. The Hall–Kier alpha value is -0.750. The molecular weight excluding hydrogens is 180 g/mol. The molecule has 0 saturated heterocycles. The quantitative estimate of drug-likeness (QED) is 0.535. The van der Waals surface area contributed by atoms with Crippen molar-refractivity contribution in [2.45, 2.75) is 25.7 Å². The van der Waals surface area contributed by atoms with Gasteiger partial charge in [0.25, 0.3) is 0 Å². The number of rotatable bonds is 0. The van der Waals surface area contributed by atoms with Gasteiger partial charge in [-0.25, -0.2) is 0 Å². The molecule has 1 aliphatic rings. The van der Waals surface area contributed by atoms with Gasteiger partial charge in [-0.15, -0.1) is 0 Å². The first-order valence-corrected chi connectivity index (χ1v) is 5.13. The minimum absolute atomic E-state index is 0.794. The van der Waals surface area contributed by atoms with Crippen LogP contribution >= 0.6 is 11.6 Å². The van der Waals surface area contributed by atoms with Gasteiger partial charge >= 0.3 is 0 Å². The monoisotopic (exact) mass is 194 g/mol. The van der Waals surface area contributed by atoms with E-state index in [1.807, 2.05) is 30.3 Å². The fourth-order valence-corrected chi connectivity index (χ4v) is 1.32. The standard InChI is InChI=1S/C6H5Cl.C6H10/c7-6-4-2-1-3-5-6;1-2-4-6-5-3-1/h1-5H;1-2H,3-6H2. The molecule has 0 aromatic heterocycles. The third-order valence-corrected chi connectivity index (χ3v) is 2.14. The first-order valence-electron chi connectivity index (χ1n) is 4.75. The van der Waals surface area contributed by atoms with Crippen LogP contribution in [0.25, 0.3) is 0 Å². The molecule has 0 unspecified atom stereocenters. The van der Waals surface area contributed by atoms with Crippen molar-refractivity contribution >= 4 is 11.6 Å². The van der Waals surface area contributed by atoms with Gasteiger partial charge in [0.15, 0.2) is 0 Å². The van der Waals surface area contributed by atoms with E-state index in [1.165, 1.54) is 25.7 Å². The molecule has 2 rings (SSSR count). The van der Waals surface area contributed by atoms with Crippen molar-refractivity contribution in [3.63, 3.8) is 0 Å². The van der Waals surface area contributed by atoms with Crippen LogP contribution in [0.3, 0.4) is 0 Å². The number of allylic oxidation sites excluding steroid dienone is 2. The second-order valence-electron chi connectivity index (χ2n) is 3.05. The minimum atomic E-state index is 0.794. The molecule has 0 aliphatic heterocycles. The number of hydrogen-bond donors (Lipinski definition) is 0. The van der Waals surface area contributed by atoms with Gasteiger partial charge in [0.1, 0.15) is 0 Å². The highest BCUT2D eigenvalue weighted by Crippen LogP contribution is 2.07. The van der Waals surface area contributed by atoms with Crippen molar-refractivity contribution in [2.24, 2.45) is 0 Å². The molecule has 0 fully saturated rings. The summed E-state index contributed by atoms with van der Waals surface area (Å²) in [5, 5.41) is 0.794. The maximum absolute atomic E-state index is 5.54. The summed E-state index contributed by atoms with van der Waals surface area (Å²) in [5.74, 6) is 0. The zero-order valence-corrected chi connectivity index (χ0v) is 8.50. The predicted molar refractivity (Wildman–Crippen MR) is 59.1 cm³/mol. The van der Waals surface area contributed by atoms with Crippen LogP contribution in [0.5, 0.6) is 0 Å². The minimum Gasteiger partial charge on any atom is -0.0885 e. The van der Waals surface area contributed by atoms with Crippen molar-refractivity contribution in [1.29, 1.82) is 0 Å². The molecule has 0 nitrogen and oxygen atoms in total. The van der Waals surface area contributed by atoms with Crippen LogP contribution in [0.4, 0.5) is 0 Å². The maximum Gasteiger partial charge on any atom is 0.0405 e. The van der Waals surface area contributed by atoms with Gasteiger partial charge in [-0.3, -0.25) is 0 Å². The fraction of sp³-hybridized carbons (Fsp3) is 0.333. The lowest BCUT2D eigenvalue weighted by atomic mass is 10.1. The fourth-order valence-electron chi connectivity index (χ4n) is 1.17. The van der Waals surface area contributed by atoms with Crippen molar-refractivity contribution < 1.29 is 0 Å². The number of halogens is 1. The van der Waals surface area contributed by atoms with Crippen molar-refractivity contribution in [2.75, 3.05) is 0 Å². The Kier molecular flexibility index (Phi) is 5.35. The zero-order valence-electron chi connectivity index (χ0n) is 7.75. The van der Waals surface area contributed by atoms with Gasteiger partial charge in [-0.2, -0.15) is 0 Å². The van der Waals surface area contributed by atoms with E-state index in [0.717, 1.165) is 5.02 Å². The summed E-state index contributed by atoms with van der Waals surface area (Å²) >= 11 is 5.54. The topological polar surface area (TPSA) is 0 Å². The highest BCUT2D eigenvalue weighted by Gasteiger charge is 1.87. The average Bonchev–Trinajstić information content (AvgIpc) is 2.22. The lowest BCUT2D eigenvalue weighted by Crippen LogP contribution is -1.77. The van der Waals surface area contributed by atoms with E-state index in [4.69, 9.17) is 11.6 Å². The van der Waals surface area contributed by atoms with Gasteiger partial charge in [0.2, 0.25) is 0 Å². The summed E-state index contributed by atoms with van der Waals surface area (Å²) < 4.78 is 0. The highest BCUT2D eigenvalue weighted by atomic mass is 35.5. The Morgan fingerprint density at radius 3 is 1.62 bits per heavy atom. The van der Waals surface area contributed by atoms with Crippen molar-refractivity contribution in [3.05, 3.63) is 47.5 Å². The number of benzene rings is 1. The molecule has 13 heavy (non-hydrogen) atoms. The molecule has 0 saturated carbocycles. The normalized spacial score (nSPS) is 14.5. The van der Waals surface area contributed by atoms with Gasteiger partial charge < -0.3 is 0 Å². The summed E-state index contributed by atoms with van der Waals surface area (Å²) in [5.41, 5.74) is 0. The second-order valence-corrected chi connectivity index (χ2v) is 3.49. The average molecular weight is 195 g/mol. The molecule has 1 aromatic carbocycles. The second kappa shape index (κ2) is 6.73. The van der Waals surface area contributed by atoms with Crippen LogP contribution in [0.1, 0.15) is 25.7 Å². The Morgan fingerprint density at radius 1 is 0.846 bits per heavy atom. The molecule has 0 radical (unpaired) electrons. The van der Waals surface area contributed by atoms with Gasteiger partial charge in [-0.05, 0) is 37.8 Å².